The first-order valence-corrected chi connectivity index (χ1v) is 6.84. The van der Waals surface area contributed by atoms with E-state index in [0.29, 0.717) is 17.8 Å². The summed E-state index contributed by atoms with van der Waals surface area (Å²) in [6.45, 7) is 4.23. The Kier molecular flexibility index (Phi) is 4.65. The van der Waals surface area contributed by atoms with Gasteiger partial charge >= 0.3 is 0 Å². The van der Waals surface area contributed by atoms with Crippen molar-refractivity contribution >= 4 is 29.1 Å². The van der Waals surface area contributed by atoms with E-state index in [1.165, 1.54) is 12.3 Å². The summed E-state index contributed by atoms with van der Waals surface area (Å²) < 4.78 is 4.89. The van der Waals surface area contributed by atoms with Gasteiger partial charge in [0, 0.05) is 17.8 Å². The maximum Gasteiger partial charge on any atom is 0.260 e. The highest BCUT2D eigenvalue weighted by Crippen LogP contribution is 2.21. The van der Waals surface area contributed by atoms with E-state index in [4.69, 9.17) is 16.0 Å². The van der Waals surface area contributed by atoms with Gasteiger partial charge in [0.1, 0.15) is 0 Å². The smallest absolute Gasteiger partial charge is 0.260 e. The second kappa shape index (κ2) is 6.45. The van der Waals surface area contributed by atoms with Crippen molar-refractivity contribution in [2.75, 3.05) is 11.9 Å². The van der Waals surface area contributed by atoms with Gasteiger partial charge in [0.15, 0.2) is 0 Å². The second-order valence-electron chi connectivity index (χ2n) is 4.45. The van der Waals surface area contributed by atoms with Crippen LogP contribution in [0.2, 0.25) is 5.22 Å². The summed E-state index contributed by atoms with van der Waals surface area (Å²) in [6.07, 6.45) is 1.34. The normalized spacial score (nSPS) is 10.2. The highest BCUT2D eigenvalue weighted by Gasteiger charge is 2.15. The number of carbonyl (C=O) groups excluding carboxylic acids is 2. The molecule has 2 amide bonds. The average molecular weight is 307 g/mol. The maximum absolute atomic E-state index is 12.1. The summed E-state index contributed by atoms with van der Waals surface area (Å²) in [5.41, 5.74) is 2.13. The molecule has 0 spiro atoms. The van der Waals surface area contributed by atoms with Crippen LogP contribution in [0.3, 0.4) is 0 Å². The van der Waals surface area contributed by atoms with Crippen LogP contribution in [-0.4, -0.2) is 18.4 Å². The van der Waals surface area contributed by atoms with Gasteiger partial charge in [-0.3, -0.25) is 9.59 Å². The van der Waals surface area contributed by atoms with Crippen LogP contribution >= 0.6 is 11.6 Å². The molecule has 1 aromatic heterocycles. The lowest BCUT2D eigenvalue weighted by Crippen LogP contribution is -2.23. The molecule has 1 heterocycles. The number of rotatable bonds is 4. The van der Waals surface area contributed by atoms with E-state index in [-0.39, 0.29) is 22.6 Å². The summed E-state index contributed by atoms with van der Waals surface area (Å²) in [7, 11) is 0. The minimum absolute atomic E-state index is 0.0324. The molecule has 2 N–H and O–H groups in total. The minimum Gasteiger partial charge on any atom is -0.452 e. The van der Waals surface area contributed by atoms with E-state index in [9.17, 15) is 9.59 Å². The highest BCUT2D eigenvalue weighted by molar-refractivity contribution is 6.32. The molecule has 21 heavy (non-hydrogen) atoms. The third kappa shape index (κ3) is 3.44. The van der Waals surface area contributed by atoms with Gasteiger partial charge in [-0.2, -0.15) is 0 Å². The van der Waals surface area contributed by atoms with Crippen molar-refractivity contribution in [1.82, 2.24) is 5.32 Å². The number of hydrogen-bond acceptors (Lipinski definition) is 3. The van der Waals surface area contributed by atoms with Crippen LogP contribution in [0.1, 0.15) is 33.2 Å². The molecule has 2 aromatic rings. The van der Waals surface area contributed by atoms with Crippen LogP contribution in [0.25, 0.3) is 0 Å². The second-order valence-corrected chi connectivity index (χ2v) is 4.79. The largest absolute Gasteiger partial charge is 0.452 e. The molecular weight excluding hydrogens is 292 g/mol. The van der Waals surface area contributed by atoms with Gasteiger partial charge in [-0.05, 0) is 49.2 Å². The van der Waals surface area contributed by atoms with Gasteiger partial charge in [0.05, 0.1) is 11.8 Å². The number of halogens is 1. The van der Waals surface area contributed by atoms with Crippen molar-refractivity contribution in [1.29, 1.82) is 0 Å². The standard InChI is InChI=1S/C15H15ClN2O3/c1-3-17-14(19)10-5-4-9(2)12(8-10)18-15(20)11-6-7-21-13(11)16/h4-8H,3H2,1-2H3,(H,17,19)(H,18,20). The number of nitrogens with one attached hydrogen (secondary N) is 2. The van der Waals surface area contributed by atoms with Crippen molar-refractivity contribution in [3.05, 3.63) is 52.4 Å². The van der Waals surface area contributed by atoms with E-state index in [0.717, 1.165) is 5.56 Å². The van der Waals surface area contributed by atoms with E-state index in [2.05, 4.69) is 10.6 Å². The third-order valence-electron chi connectivity index (χ3n) is 2.95. The molecule has 6 heteroatoms. The van der Waals surface area contributed by atoms with Gasteiger partial charge in [0.2, 0.25) is 5.22 Å². The van der Waals surface area contributed by atoms with Crippen LogP contribution in [0.15, 0.2) is 34.9 Å². The van der Waals surface area contributed by atoms with Gasteiger partial charge in [-0.15, -0.1) is 0 Å². The Labute approximate surface area is 127 Å². The SMILES string of the molecule is CCNC(=O)c1ccc(C)c(NC(=O)c2ccoc2Cl)c1. The van der Waals surface area contributed by atoms with Crippen LogP contribution in [-0.2, 0) is 0 Å². The van der Waals surface area contributed by atoms with Gasteiger partial charge in [-0.25, -0.2) is 0 Å². The van der Waals surface area contributed by atoms with E-state index in [1.807, 2.05) is 13.8 Å². The number of furan rings is 1. The summed E-state index contributed by atoms with van der Waals surface area (Å²) in [6, 6.07) is 6.60. The topological polar surface area (TPSA) is 71.3 Å². The highest BCUT2D eigenvalue weighted by atomic mass is 35.5. The molecule has 1 aromatic carbocycles. The van der Waals surface area contributed by atoms with Gasteiger partial charge < -0.3 is 15.1 Å². The quantitative estimate of drug-likeness (QED) is 0.911. The van der Waals surface area contributed by atoms with Crippen LogP contribution < -0.4 is 10.6 Å². The van der Waals surface area contributed by atoms with Gasteiger partial charge in [-0.1, -0.05) is 6.07 Å². The Morgan fingerprint density at radius 1 is 1.24 bits per heavy atom. The zero-order valence-electron chi connectivity index (χ0n) is 11.7. The molecule has 0 aliphatic carbocycles. The molecule has 0 fully saturated rings. The zero-order valence-corrected chi connectivity index (χ0v) is 12.5. The molecule has 110 valence electrons. The van der Waals surface area contributed by atoms with E-state index in [1.54, 1.807) is 18.2 Å². The zero-order chi connectivity index (χ0) is 15.4. The van der Waals surface area contributed by atoms with Crippen molar-refractivity contribution in [2.24, 2.45) is 0 Å². The fourth-order valence-electron chi connectivity index (χ4n) is 1.81. The average Bonchev–Trinajstić information content (AvgIpc) is 2.87. The first-order chi connectivity index (χ1) is 10.0. The summed E-state index contributed by atoms with van der Waals surface area (Å²) in [4.78, 5) is 23.9. The maximum atomic E-state index is 12.1. The lowest BCUT2D eigenvalue weighted by Gasteiger charge is -2.10. The predicted octanol–water partition coefficient (Wildman–Crippen LogP) is 3.24. The Morgan fingerprint density at radius 2 is 2.00 bits per heavy atom. The molecular formula is C15H15ClN2O3. The Morgan fingerprint density at radius 3 is 2.62 bits per heavy atom. The first-order valence-electron chi connectivity index (χ1n) is 6.46. The molecule has 0 aliphatic heterocycles. The number of aryl methyl sites for hydroxylation is 1. The van der Waals surface area contributed by atoms with Crippen molar-refractivity contribution in [2.45, 2.75) is 13.8 Å². The summed E-state index contributed by atoms with van der Waals surface area (Å²) in [5, 5.41) is 5.47. The minimum atomic E-state index is -0.384. The first kappa shape index (κ1) is 15.1. The monoisotopic (exact) mass is 306 g/mol. The Bertz CT molecular complexity index is 679. The number of carbonyl (C=O) groups is 2. The van der Waals surface area contributed by atoms with E-state index < -0.39 is 0 Å². The molecule has 0 radical (unpaired) electrons. The van der Waals surface area contributed by atoms with Crippen molar-refractivity contribution in [3.63, 3.8) is 0 Å². The molecule has 2 rings (SSSR count). The number of anilines is 1. The molecule has 0 unspecified atom stereocenters. The number of hydrogen-bond donors (Lipinski definition) is 2. The predicted molar refractivity (Wildman–Crippen MR) is 80.9 cm³/mol. The summed E-state index contributed by atoms with van der Waals surface area (Å²) in [5.74, 6) is -0.570. The molecule has 5 nitrogen and oxygen atoms in total. The fraction of sp³-hybridized carbons (Fsp3) is 0.200. The molecule has 0 saturated heterocycles. The lowest BCUT2D eigenvalue weighted by atomic mass is 10.1. The van der Waals surface area contributed by atoms with Crippen LogP contribution in [0.5, 0.6) is 0 Å². The Hall–Kier alpha value is -2.27. The fourth-order valence-corrected chi connectivity index (χ4v) is 2.01. The van der Waals surface area contributed by atoms with Gasteiger partial charge in [0.25, 0.3) is 11.8 Å². The molecule has 0 aliphatic rings. The van der Waals surface area contributed by atoms with E-state index >= 15 is 0 Å². The summed E-state index contributed by atoms with van der Waals surface area (Å²) >= 11 is 5.77. The third-order valence-corrected chi connectivity index (χ3v) is 3.24. The number of benzene rings is 1. The molecule has 0 bridgehead atoms. The van der Waals surface area contributed by atoms with Crippen molar-refractivity contribution in [3.8, 4) is 0 Å². The Balaban J connectivity index is 2.23. The lowest BCUT2D eigenvalue weighted by molar-refractivity contribution is 0.0954. The van der Waals surface area contributed by atoms with Crippen molar-refractivity contribution < 1.29 is 14.0 Å². The molecule has 0 atom stereocenters. The molecule has 0 saturated carbocycles. The number of amides is 2. The van der Waals surface area contributed by atoms with Crippen LogP contribution in [0.4, 0.5) is 5.69 Å². The van der Waals surface area contributed by atoms with Crippen LogP contribution in [0, 0.1) is 6.92 Å².